The molecule has 0 rings (SSSR count). The first-order chi connectivity index (χ1) is 3.18. The third-order valence-electron chi connectivity index (χ3n) is 0.392. The topological polar surface area (TPSA) is 96.2 Å². The molecule has 0 atom stereocenters. The highest BCUT2D eigenvalue weighted by Gasteiger charge is 1.91. The van der Waals surface area contributed by atoms with E-state index >= 15 is 0 Å². The Bertz CT molecular complexity index is 94.0. The number of hydrazine groups is 1. The van der Waals surface area contributed by atoms with Gasteiger partial charge in [0.15, 0.2) is 0 Å². The van der Waals surface area contributed by atoms with Crippen molar-refractivity contribution in [1.82, 2.24) is 5.01 Å². The summed E-state index contributed by atoms with van der Waals surface area (Å²) in [6.45, 7) is 0. The summed E-state index contributed by atoms with van der Waals surface area (Å²) in [5.41, 5.74) is 4.70. The normalized spacial score (nSPS) is 6.62. The lowest BCUT2D eigenvalue weighted by Gasteiger charge is -2.03. The van der Waals surface area contributed by atoms with Crippen LogP contribution < -0.4 is 11.6 Å². The standard InChI is InChI=1S/C2H6N4O.BrH/c3-2(4)6(5)1-7;/h1H,5H2,(H3,3,4);1H. The van der Waals surface area contributed by atoms with E-state index in [9.17, 15) is 4.79 Å². The van der Waals surface area contributed by atoms with Gasteiger partial charge in [0, 0.05) is 0 Å². The Kier molecular flexibility index (Phi) is 5.89. The second-order valence-electron chi connectivity index (χ2n) is 0.898. The molecule has 6 heteroatoms. The van der Waals surface area contributed by atoms with Gasteiger partial charge >= 0.3 is 0 Å². The van der Waals surface area contributed by atoms with Crippen LogP contribution in [0.1, 0.15) is 0 Å². The number of carbonyl (C=O) groups excluding carboxylic acids is 1. The van der Waals surface area contributed by atoms with E-state index in [1.807, 2.05) is 0 Å². The highest BCUT2D eigenvalue weighted by atomic mass is 79.9. The van der Waals surface area contributed by atoms with Crippen molar-refractivity contribution in [1.29, 1.82) is 5.41 Å². The van der Waals surface area contributed by atoms with Crippen molar-refractivity contribution in [3.8, 4) is 0 Å². The van der Waals surface area contributed by atoms with Gasteiger partial charge in [-0.1, -0.05) is 0 Å². The molecule has 0 spiro atoms. The third-order valence-corrected chi connectivity index (χ3v) is 0.392. The molecule has 48 valence electrons. The summed E-state index contributed by atoms with van der Waals surface area (Å²) in [4.78, 5) is 9.53. The maximum absolute atomic E-state index is 9.53. The zero-order chi connectivity index (χ0) is 5.86. The maximum atomic E-state index is 9.53. The second-order valence-corrected chi connectivity index (χ2v) is 0.898. The first-order valence-electron chi connectivity index (χ1n) is 1.51. The molecule has 0 saturated carbocycles. The van der Waals surface area contributed by atoms with Crippen molar-refractivity contribution in [2.45, 2.75) is 0 Å². The van der Waals surface area contributed by atoms with Crippen LogP contribution in [0.15, 0.2) is 0 Å². The summed E-state index contributed by atoms with van der Waals surface area (Å²) in [5, 5.41) is 6.92. The van der Waals surface area contributed by atoms with Crippen LogP contribution in [0, 0.1) is 5.41 Å². The summed E-state index contributed by atoms with van der Waals surface area (Å²) >= 11 is 0. The zero-order valence-electron chi connectivity index (χ0n) is 4.00. The monoisotopic (exact) mass is 182 g/mol. The molecule has 0 aliphatic rings. The predicted molar refractivity (Wildman–Crippen MR) is 34.3 cm³/mol. The molecule has 0 fully saturated rings. The Morgan fingerprint density at radius 2 is 2.12 bits per heavy atom. The number of carbonyl (C=O) groups is 1. The van der Waals surface area contributed by atoms with E-state index in [2.05, 4.69) is 0 Å². The number of guanidine groups is 1. The van der Waals surface area contributed by atoms with E-state index in [1.165, 1.54) is 0 Å². The summed E-state index contributed by atoms with van der Waals surface area (Å²) in [6.07, 6.45) is 0.252. The van der Waals surface area contributed by atoms with Crippen LogP contribution in [0.4, 0.5) is 0 Å². The Balaban J connectivity index is 0. The van der Waals surface area contributed by atoms with Gasteiger partial charge in [0.1, 0.15) is 0 Å². The van der Waals surface area contributed by atoms with Crippen molar-refractivity contribution in [2.24, 2.45) is 11.6 Å². The largest absolute Gasteiger partial charge is 0.369 e. The predicted octanol–water partition coefficient (Wildman–Crippen LogP) is -1.21. The first-order valence-corrected chi connectivity index (χ1v) is 1.51. The van der Waals surface area contributed by atoms with Crippen LogP contribution in [0.3, 0.4) is 0 Å². The molecule has 0 aromatic rings. The quantitative estimate of drug-likeness (QED) is 0.119. The number of nitrogens with one attached hydrogen (secondary N) is 1. The smallest absolute Gasteiger partial charge is 0.230 e. The minimum Gasteiger partial charge on any atom is -0.369 e. The second kappa shape index (κ2) is 4.54. The Labute approximate surface area is 56.9 Å². The molecule has 5 N–H and O–H groups in total. The minimum absolute atomic E-state index is 0. The van der Waals surface area contributed by atoms with Crippen LogP contribution in [-0.2, 0) is 4.79 Å². The molecule has 0 aliphatic carbocycles. The Morgan fingerprint density at radius 3 is 2.12 bits per heavy atom. The maximum Gasteiger partial charge on any atom is 0.230 e. The molecule has 0 unspecified atom stereocenters. The lowest BCUT2D eigenvalue weighted by molar-refractivity contribution is -0.115. The molecule has 5 nitrogen and oxygen atoms in total. The molecule has 0 radical (unpaired) electrons. The van der Waals surface area contributed by atoms with E-state index in [1.54, 1.807) is 0 Å². The van der Waals surface area contributed by atoms with Crippen LogP contribution in [0.25, 0.3) is 0 Å². The number of nitrogens with zero attached hydrogens (tertiary/aromatic N) is 1. The van der Waals surface area contributed by atoms with Gasteiger partial charge in [-0.2, -0.15) is 0 Å². The van der Waals surface area contributed by atoms with Gasteiger partial charge in [0.25, 0.3) is 0 Å². The fourth-order valence-electron chi connectivity index (χ4n) is 0.0568. The molecule has 1 amide bonds. The lowest BCUT2D eigenvalue weighted by Crippen LogP contribution is -2.40. The number of amides is 1. The highest BCUT2D eigenvalue weighted by Crippen LogP contribution is 1.58. The molecule has 8 heavy (non-hydrogen) atoms. The van der Waals surface area contributed by atoms with Crippen molar-refractivity contribution in [3.63, 3.8) is 0 Å². The van der Waals surface area contributed by atoms with Crippen LogP contribution >= 0.6 is 17.0 Å². The molecular formula is C2H7BrN4O. The zero-order valence-corrected chi connectivity index (χ0v) is 5.71. The van der Waals surface area contributed by atoms with Crippen molar-refractivity contribution < 1.29 is 4.79 Å². The van der Waals surface area contributed by atoms with E-state index in [0.29, 0.717) is 5.01 Å². The lowest BCUT2D eigenvalue weighted by atomic mass is 10.9. The van der Waals surface area contributed by atoms with E-state index < -0.39 is 5.96 Å². The van der Waals surface area contributed by atoms with Crippen LogP contribution in [-0.4, -0.2) is 17.4 Å². The number of halogens is 1. The van der Waals surface area contributed by atoms with Gasteiger partial charge in [-0.3, -0.25) is 10.2 Å². The van der Waals surface area contributed by atoms with Gasteiger partial charge in [0.2, 0.25) is 12.4 Å². The summed E-state index contributed by atoms with van der Waals surface area (Å²) in [6, 6.07) is 0. The van der Waals surface area contributed by atoms with E-state index in [0.717, 1.165) is 0 Å². The van der Waals surface area contributed by atoms with Gasteiger partial charge in [0.05, 0.1) is 0 Å². The minimum atomic E-state index is -0.463. The first kappa shape index (κ1) is 10.4. The van der Waals surface area contributed by atoms with Gasteiger partial charge in [-0.25, -0.2) is 10.9 Å². The average molecular weight is 183 g/mol. The molecule has 0 aliphatic heterocycles. The van der Waals surface area contributed by atoms with Crippen LogP contribution in [0.2, 0.25) is 0 Å². The van der Waals surface area contributed by atoms with Crippen molar-refractivity contribution in [2.75, 3.05) is 0 Å². The summed E-state index contributed by atoms with van der Waals surface area (Å²) in [5.74, 6) is 4.27. The average Bonchev–Trinajstić information content (AvgIpc) is 1.65. The van der Waals surface area contributed by atoms with Gasteiger partial charge in [-0.15, -0.1) is 17.0 Å². The summed E-state index contributed by atoms with van der Waals surface area (Å²) in [7, 11) is 0. The fraction of sp³-hybridized carbons (Fsp3) is 0. The van der Waals surface area contributed by atoms with E-state index in [-0.39, 0.29) is 23.4 Å². The molecule has 0 saturated heterocycles. The molecule has 0 aromatic carbocycles. The van der Waals surface area contributed by atoms with Gasteiger partial charge in [-0.05, 0) is 0 Å². The molecular weight excluding hydrogens is 176 g/mol. The Morgan fingerprint density at radius 1 is 1.75 bits per heavy atom. The highest BCUT2D eigenvalue weighted by molar-refractivity contribution is 8.93. The summed E-state index contributed by atoms with van der Waals surface area (Å²) < 4.78 is 0. The number of hydrogen-bond donors (Lipinski definition) is 3. The van der Waals surface area contributed by atoms with E-state index in [4.69, 9.17) is 17.0 Å². The van der Waals surface area contributed by atoms with Gasteiger partial charge < -0.3 is 5.73 Å². The number of rotatable bonds is 1. The molecule has 0 heterocycles. The SMILES string of the molecule is Br.N=C(N)N(N)C=O. The van der Waals surface area contributed by atoms with Crippen molar-refractivity contribution >= 4 is 29.4 Å². The number of hydrogen-bond acceptors (Lipinski definition) is 3. The third kappa shape index (κ3) is 3.57. The molecule has 0 aromatic heterocycles. The number of nitrogens with two attached hydrogens (primary N) is 2. The van der Waals surface area contributed by atoms with Crippen molar-refractivity contribution in [3.05, 3.63) is 0 Å². The fourth-order valence-corrected chi connectivity index (χ4v) is 0.0568. The Hall–Kier alpha value is -0.620. The molecule has 0 bridgehead atoms. The van der Waals surface area contributed by atoms with Crippen LogP contribution in [0.5, 0.6) is 0 Å².